The number of ether oxygens (including phenoxy) is 1. The summed E-state index contributed by atoms with van der Waals surface area (Å²) >= 11 is 0. The summed E-state index contributed by atoms with van der Waals surface area (Å²) in [6, 6.07) is 17.7. The lowest BCUT2D eigenvalue weighted by molar-refractivity contribution is -0.120. The first-order chi connectivity index (χ1) is 13.8. The second-order valence-corrected chi connectivity index (χ2v) is 6.60. The van der Waals surface area contributed by atoms with Crippen LogP contribution in [0.5, 0.6) is 0 Å². The fourth-order valence-corrected chi connectivity index (χ4v) is 3.10. The van der Waals surface area contributed by atoms with Gasteiger partial charge < -0.3 is 19.5 Å². The Morgan fingerprint density at radius 2 is 1.79 bits per heavy atom. The minimum absolute atomic E-state index is 0.0826. The van der Waals surface area contributed by atoms with E-state index in [-0.39, 0.29) is 12.5 Å². The van der Waals surface area contributed by atoms with Crippen molar-refractivity contribution in [1.29, 1.82) is 0 Å². The van der Waals surface area contributed by atoms with Gasteiger partial charge in [-0.15, -0.1) is 0 Å². The van der Waals surface area contributed by atoms with Crippen LogP contribution in [0.4, 0.5) is 5.69 Å². The summed E-state index contributed by atoms with van der Waals surface area (Å²) in [6.07, 6.45) is 0.324. The van der Waals surface area contributed by atoms with Crippen molar-refractivity contribution in [2.24, 2.45) is 0 Å². The van der Waals surface area contributed by atoms with Crippen LogP contribution in [0.3, 0.4) is 0 Å². The van der Waals surface area contributed by atoms with Crippen LogP contribution in [0.1, 0.15) is 11.5 Å². The molecule has 0 radical (unpaired) electrons. The number of carbonyl (C=O) groups excluding carboxylic acids is 1. The number of rotatable bonds is 6. The third kappa shape index (κ3) is 4.55. The zero-order valence-electron chi connectivity index (χ0n) is 15.5. The average Bonchev–Trinajstić information content (AvgIpc) is 3.23. The maximum Gasteiger partial charge on any atom is 0.246 e. The predicted octanol–water partition coefficient (Wildman–Crippen LogP) is 2.43. The number of aromatic nitrogens is 2. The van der Waals surface area contributed by atoms with Crippen LogP contribution in [0, 0.1) is 0 Å². The van der Waals surface area contributed by atoms with Crippen molar-refractivity contribution < 1.29 is 14.1 Å². The van der Waals surface area contributed by atoms with Gasteiger partial charge in [0.25, 0.3) is 0 Å². The Kier molecular flexibility index (Phi) is 5.63. The van der Waals surface area contributed by atoms with Crippen molar-refractivity contribution >= 4 is 11.6 Å². The molecule has 1 saturated heterocycles. The fourth-order valence-electron chi connectivity index (χ4n) is 3.10. The molecule has 2 heterocycles. The summed E-state index contributed by atoms with van der Waals surface area (Å²) in [6.45, 7) is 3.52. The van der Waals surface area contributed by atoms with Crippen LogP contribution in [-0.2, 0) is 22.5 Å². The summed E-state index contributed by atoms with van der Waals surface area (Å²) < 4.78 is 10.6. The Hall–Kier alpha value is -3.19. The van der Waals surface area contributed by atoms with Crippen LogP contribution in [0.15, 0.2) is 59.1 Å². The number of carbonyl (C=O) groups is 1. The maximum atomic E-state index is 12.0. The molecule has 144 valence electrons. The van der Waals surface area contributed by atoms with Gasteiger partial charge in [-0.2, -0.15) is 4.98 Å². The molecule has 1 amide bonds. The summed E-state index contributed by atoms with van der Waals surface area (Å²) in [5, 5.41) is 6.83. The van der Waals surface area contributed by atoms with Gasteiger partial charge in [0.1, 0.15) is 0 Å². The number of morpholine rings is 1. The lowest BCUT2D eigenvalue weighted by atomic mass is 10.1. The van der Waals surface area contributed by atoms with Gasteiger partial charge in [0.2, 0.25) is 17.6 Å². The van der Waals surface area contributed by atoms with Crippen LogP contribution in [0.2, 0.25) is 0 Å². The SMILES string of the molecule is O=C(Cc1ccccc1)NCc1nc(-c2ccc(N3CCOCC3)cc2)no1. The molecule has 0 bridgehead atoms. The van der Waals surface area contributed by atoms with E-state index in [0.717, 1.165) is 43.1 Å². The molecule has 2 aromatic carbocycles. The van der Waals surface area contributed by atoms with Gasteiger partial charge in [0, 0.05) is 24.3 Å². The first-order valence-corrected chi connectivity index (χ1v) is 9.34. The first-order valence-electron chi connectivity index (χ1n) is 9.34. The summed E-state index contributed by atoms with van der Waals surface area (Å²) in [5.74, 6) is 0.815. The molecule has 7 nitrogen and oxygen atoms in total. The van der Waals surface area contributed by atoms with E-state index in [1.807, 2.05) is 42.5 Å². The van der Waals surface area contributed by atoms with E-state index < -0.39 is 0 Å². The minimum atomic E-state index is -0.0826. The van der Waals surface area contributed by atoms with E-state index in [9.17, 15) is 4.79 Å². The zero-order chi connectivity index (χ0) is 19.2. The zero-order valence-corrected chi connectivity index (χ0v) is 15.5. The van der Waals surface area contributed by atoms with E-state index in [2.05, 4.69) is 32.5 Å². The Labute approximate surface area is 163 Å². The lowest BCUT2D eigenvalue weighted by Gasteiger charge is -2.28. The molecule has 1 N–H and O–H groups in total. The van der Waals surface area contributed by atoms with Gasteiger partial charge in [-0.25, -0.2) is 0 Å². The Morgan fingerprint density at radius 1 is 1.04 bits per heavy atom. The number of hydrogen-bond donors (Lipinski definition) is 1. The van der Waals surface area contributed by atoms with Gasteiger partial charge >= 0.3 is 0 Å². The molecule has 1 aromatic heterocycles. The molecule has 28 heavy (non-hydrogen) atoms. The molecular formula is C21H22N4O3. The molecule has 0 atom stereocenters. The number of nitrogens with one attached hydrogen (secondary N) is 1. The fraction of sp³-hybridized carbons (Fsp3) is 0.286. The maximum absolute atomic E-state index is 12.0. The highest BCUT2D eigenvalue weighted by molar-refractivity contribution is 5.78. The van der Waals surface area contributed by atoms with E-state index in [4.69, 9.17) is 9.26 Å². The van der Waals surface area contributed by atoms with Gasteiger partial charge in [-0.05, 0) is 29.8 Å². The largest absolute Gasteiger partial charge is 0.378 e. The van der Waals surface area contributed by atoms with Crippen molar-refractivity contribution in [2.45, 2.75) is 13.0 Å². The smallest absolute Gasteiger partial charge is 0.246 e. The molecule has 4 rings (SSSR count). The highest BCUT2D eigenvalue weighted by Gasteiger charge is 2.13. The van der Waals surface area contributed by atoms with Gasteiger partial charge in [-0.3, -0.25) is 4.79 Å². The number of benzene rings is 2. The van der Waals surface area contributed by atoms with E-state index in [1.54, 1.807) is 0 Å². The molecule has 7 heteroatoms. The third-order valence-electron chi connectivity index (χ3n) is 4.61. The number of nitrogens with zero attached hydrogens (tertiary/aromatic N) is 3. The van der Waals surface area contributed by atoms with Crippen LogP contribution in [-0.4, -0.2) is 42.4 Å². The molecule has 0 saturated carbocycles. The Morgan fingerprint density at radius 3 is 2.54 bits per heavy atom. The standard InChI is InChI=1S/C21H22N4O3/c26-19(14-16-4-2-1-3-5-16)22-15-20-23-21(24-28-20)17-6-8-18(9-7-17)25-10-12-27-13-11-25/h1-9H,10-15H2,(H,22,26). The predicted molar refractivity (Wildman–Crippen MR) is 105 cm³/mol. The molecule has 1 fully saturated rings. The summed E-state index contributed by atoms with van der Waals surface area (Å²) in [4.78, 5) is 18.7. The molecule has 3 aromatic rings. The van der Waals surface area contributed by atoms with Gasteiger partial charge in [0.05, 0.1) is 26.2 Å². The number of hydrogen-bond acceptors (Lipinski definition) is 6. The topological polar surface area (TPSA) is 80.5 Å². The normalized spacial score (nSPS) is 14.1. The second-order valence-electron chi connectivity index (χ2n) is 6.60. The highest BCUT2D eigenvalue weighted by atomic mass is 16.5. The van der Waals surface area contributed by atoms with Gasteiger partial charge in [-0.1, -0.05) is 35.5 Å². The van der Waals surface area contributed by atoms with Crippen molar-refractivity contribution in [3.05, 3.63) is 66.1 Å². The van der Waals surface area contributed by atoms with Crippen molar-refractivity contribution in [3.8, 4) is 11.4 Å². The number of amides is 1. The monoisotopic (exact) mass is 378 g/mol. The molecule has 0 aliphatic carbocycles. The number of anilines is 1. The van der Waals surface area contributed by atoms with Crippen molar-refractivity contribution in [3.63, 3.8) is 0 Å². The van der Waals surface area contributed by atoms with Crippen LogP contribution in [0.25, 0.3) is 11.4 Å². The van der Waals surface area contributed by atoms with Crippen molar-refractivity contribution in [1.82, 2.24) is 15.5 Å². The third-order valence-corrected chi connectivity index (χ3v) is 4.61. The molecule has 0 spiro atoms. The molecule has 1 aliphatic heterocycles. The lowest BCUT2D eigenvalue weighted by Crippen LogP contribution is -2.36. The first kappa shape index (κ1) is 18.2. The highest BCUT2D eigenvalue weighted by Crippen LogP contribution is 2.22. The molecule has 1 aliphatic rings. The average molecular weight is 378 g/mol. The quantitative estimate of drug-likeness (QED) is 0.710. The Bertz CT molecular complexity index is 903. The van der Waals surface area contributed by atoms with Crippen LogP contribution >= 0.6 is 0 Å². The van der Waals surface area contributed by atoms with E-state index >= 15 is 0 Å². The van der Waals surface area contributed by atoms with E-state index in [1.165, 1.54) is 0 Å². The molecular weight excluding hydrogens is 356 g/mol. The van der Waals surface area contributed by atoms with E-state index in [0.29, 0.717) is 18.1 Å². The van der Waals surface area contributed by atoms with Gasteiger partial charge in [0.15, 0.2) is 0 Å². The van der Waals surface area contributed by atoms with Crippen LogP contribution < -0.4 is 10.2 Å². The Balaban J connectivity index is 1.33. The summed E-state index contributed by atoms with van der Waals surface area (Å²) in [7, 11) is 0. The minimum Gasteiger partial charge on any atom is -0.378 e. The second kappa shape index (κ2) is 8.67. The van der Waals surface area contributed by atoms with Crippen molar-refractivity contribution in [2.75, 3.05) is 31.2 Å². The summed E-state index contributed by atoms with van der Waals surface area (Å²) in [5.41, 5.74) is 3.00. The molecule has 0 unspecified atom stereocenters.